The van der Waals surface area contributed by atoms with E-state index in [2.05, 4.69) is 4.98 Å². The Bertz CT molecular complexity index is 1570. The summed E-state index contributed by atoms with van der Waals surface area (Å²) in [5.41, 5.74) is 2.77. The van der Waals surface area contributed by atoms with Gasteiger partial charge in [0.1, 0.15) is 17.0 Å². The van der Waals surface area contributed by atoms with Crippen LogP contribution in [-0.2, 0) is 17.7 Å². The van der Waals surface area contributed by atoms with E-state index in [0.717, 1.165) is 17.7 Å². The fourth-order valence-electron chi connectivity index (χ4n) is 5.27. The highest BCUT2D eigenvalue weighted by molar-refractivity contribution is 6.30. The average molecular weight is 509 g/mol. The maximum Gasteiger partial charge on any atom is 0.261 e. The zero-order chi connectivity index (χ0) is 25.0. The van der Waals surface area contributed by atoms with E-state index in [-0.39, 0.29) is 39.4 Å². The van der Waals surface area contributed by atoms with Crippen LogP contribution in [0.3, 0.4) is 0 Å². The zero-order valence-corrected chi connectivity index (χ0v) is 20.4. The molecule has 0 bridgehead atoms. The fourth-order valence-corrected chi connectivity index (χ4v) is 5.42. The second-order valence-corrected chi connectivity index (χ2v) is 9.82. The molecule has 1 fully saturated rings. The second-order valence-electron chi connectivity index (χ2n) is 9.41. The number of rotatable bonds is 3. The molecule has 184 valence electrons. The third-order valence-electron chi connectivity index (χ3n) is 7.11. The van der Waals surface area contributed by atoms with Crippen LogP contribution < -0.4 is 5.56 Å². The second kappa shape index (κ2) is 9.01. The number of hydrogen-bond acceptors (Lipinski definition) is 5. The predicted molar refractivity (Wildman–Crippen MR) is 132 cm³/mol. The molecule has 0 radical (unpaired) electrons. The molecule has 4 aromatic rings. The number of halogens is 3. The van der Waals surface area contributed by atoms with Crippen LogP contribution in [0.1, 0.15) is 54.1 Å². The molecule has 1 saturated heterocycles. The smallest absolute Gasteiger partial charge is 0.261 e. The molecule has 9 heteroatoms. The van der Waals surface area contributed by atoms with Gasteiger partial charge in [0.2, 0.25) is 0 Å². The van der Waals surface area contributed by atoms with Crippen LogP contribution in [0.5, 0.6) is 0 Å². The van der Waals surface area contributed by atoms with Crippen molar-refractivity contribution in [2.24, 2.45) is 0 Å². The van der Waals surface area contributed by atoms with Crippen molar-refractivity contribution in [2.75, 3.05) is 6.61 Å². The molecule has 1 aromatic carbocycles. The van der Waals surface area contributed by atoms with Gasteiger partial charge in [-0.2, -0.15) is 0 Å². The van der Waals surface area contributed by atoms with Crippen molar-refractivity contribution in [3.63, 3.8) is 0 Å². The number of aromatic nitrogens is 4. The first-order chi connectivity index (χ1) is 17.4. The average Bonchev–Trinajstić information content (AvgIpc) is 3.37. The van der Waals surface area contributed by atoms with E-state index in [4.69, 9.17) is 26.3 Å². The van der Waals surface area contributed by atoms with E-state index in [9.17, 15) is 9.18 Å². The van der Waals surface area contributed by atoms with Crippen molar-refractivity contribution in [2.45, 2.75) is 51.2 Å². The van der Waals surface area contributed by atoms with Gasteiger partial charge in [0, 0.05) is 48.6 Å². The lowest BCUT2D eigenvalue weighted by Crippen LogP contribution is -2.23. The van der Waals surface area contributed by atoms with Crippen LogP contribution in [0.25, 0.3) is 22.2 Å². The van der Waals surface area contributed by atoms with E-state index in [0.29, 0.717) is 49.3 Å². The summed E-state index contributed by atoms with van der Waals surface area (Å²) in [7, 11) is 0. The topological polar surface area (TPSA) is 69.9 Å². The van der Waals surface area contributed by atoms with E-state index in [1.54, 1.807) is 16.8 Å². The molecule has 6 rings (SSSR count). The Hall–Kier alpha value is -3.23. The quantitative estimate of drug-likeness (QED) is 0.333. The Morgan fingerprint density at radius 2 is 2.00 bits per heavy atom. The molecule has 0 amide bonds. The molecule has 0 N–H and O–H groups in total. The Balaban J connectivity index is 1.52. The highest BCUT2D eigenvalue weighted by Gasteiger charge is 2.29. The van der Waals surface area contributed by atoms with Crippen molar-refractivity contribution in [1.82, 2.24) is 19.5 Å². The van der Waals surface area contributed by atoms with Gasteiger partial charge in [-0.1, -0.05) is 11.6 Å². The fraction of sp³-hybridized carbons (Fsp3) is 0.333. The summed E-state index contributed by atoms with van der Waals surface area (Å²) in [6.07, 6.45) is 4.39. The van der Waals surface area contributed by atoms with Crippen molar-refractivity contribution >= 4 is 22.5 Å². The Kier molecular flexibility index (Phi) is 5.80. The number of benzene rings is 1. The number of aryl methyl sites for hydroxylation is 2. The zero-order valence-electron chi connectivity index (χ0n) is 19.6. The minimum absolute atomic E-state index is 0.0433. The van der Waals surface area contributed by atoms with Crippen LogP contribution in [0.15, 0.2) is 41.3 Å². The molecule has 0 saturated carbocycles. The minimum atomic E-state index is -1.15. The molecular weight excluding hydrogens is 486 g/mol. The van der Waals surface area contributed by atoms with Crippen molar-refractivity contribution in [3.05, 3.63) is 86.3 Å². The molecule has 2 aliphatic rings. The minimum Gasteiger partial charge on any atom is -0.373 e. The van der Waals surface area contributed by atoms with E-state index in [1.165, 1.54) is 12.1 Å². The molecule has 2 aliphatic heterocycles. The summed E-state index contributed by atoms with van der Waals surface area (Å²) < 4.78 is 37.3. The van der Waals surface area contributed by atoms with Gasteiger partial charge < -0.3 is 4.74 Å². The monoisotopic (exact) mass is 508 g/mol. The van der Waals surface area contributed by atoms with Gasteiger partial charge >= 0.3 is 0 Å². The summed E-state index contributed by atoms with van der Waals surface area (Å²) in [5, 5.41) is 0.0451. The number of ether oxygens (including phenoxy) is 1. The summed E-state index contributed by atoms with van der Waals surface area (Å²) in [4.78, 5) is 27.2. The predicted octanol–water partition coefficient (Wildman–Crippen LogP) is 5.68. The molecule has 2 atom stereocenters. The maximum atomic E-state index is 15.1. The Morgan fingerprint density at radius 3 is 2.83 bits per heavy atom. The first-order valence-corrected chi connectivity index (χ1v) is 12.4. The standard InChI is InChI=1S/C27H23ClF2N4O2/c1-14-11-16(6-8-31-14)21-12-15(7-10-36-21)20-13-18-26(33-22-3-2-9-34(22)27(18)35)25(32-20)17-4-5-19(28)24(30)23(17)29/h4-6,8,11,13,15,21H,2-3,7,9-10,12H2,1H3/t15-,21+/m0/s1. The van der Waals surface area contributed by atoms with E-state index < -0.39 is 11.6 Å². The van der Waals surface area contributed by atoms with Gasteiger partial charge in [0.05, 0.1) is 16.5 Å². The molecule has 0 spiro atoms. The highest BCUT2D eigenvalue weighted by Crippen LogP contribution is 2.39. The third kappa shape index (κ3) is 3.89. The molecule has 36 heavy (non-hydrogen) atoms. The lowest BCUT2D eigenvalue weighted by atomic mass is 9.88. The first-order valence-electron chi connectivity index (χ1n) is 12.0. The summed E-state index contributed by atoms with van der Waals surface area (Å²) in [6, 6.07) is 8.40. The molecule has 0 aliphatic carbocycles. The van der Waals surface area contributed by atoms with Crippen LogP contribution >= 0.6 is 11.6 Å². The summed E-state index contributed by atoms with van der Waals surface area (Å²) >= 11 is 5.81. The van der Waals surface area contributed by atoms with Crippen molar-refractivity contribution in [1.29, 1.82) is 0 Å². The molecular formula is C27H23ClF2N4O2. The van der Waals surface area contributed by atoms with Gasteiger partial charge in [-0.15, -0.1) is 0 Å². The van der Waals surface area contributed by atoms with Crippen molar-refractivity contribution in [3.8, 4) is 11.3 Å². The first kappa shape index (κ1) is 23.2. The van der Waals surface area contributed by atoms with Crippen LogP contribution in [-0.4, -0.2) is 26.1 Å². The normalized spacial score (nSPS) is 19.6. The van der Waals surface area contributed by atoms with Crippen LogP contribution in [0.2, 0.25) is 5.02 Å². The van der Waals surface area contributed by atoms with Gasteiger partial charge in [-0.25, -0.2) is 13.8 Å². The van der Waals surface area contributed by atoms with Crippen LogP contribution in [0, 0.1) is 18.6 Å². The van der Waals surface area contributed by atoms with Crippen molar-refractivity contribution < 1.29 is 13.5 Å². The van der Waals surface area contributed by atoms with Gasteiger partial charge in [0.25, 0.3) is 5.56 Å². The lowest BCUT2D eigenvalue weighted by molar-refractivity contribution is 0.00460. The largest absolute Gasteiger partial charge is 0.373 e. The molecule has 5 heterocycles. The SMILES string of the molecule is Cc1cc([C@H]2C[C@@H](c3cc4c(=O)n5c(nc4c(-c4ccc(Cl)c(F)c4F)n3)CCC5)CCO2)ccn1. The van der Waals surface area contributed by atoms with Gasteiger partial charge in [-0.05, 0) is 62.1 Å². The third-order valence-corrected chi connectivity index (χ3v) is 7.40. The Labute approximate surface area is 210 Å². The lowest BCUT2D eigenvalue weighted by Gasteiger charge is -2.30. The van der Waals surface area contributed by atoms with E-state index >= 15 is 4.39 Å². The number of fused-ring (bicyclic) bond motifs is 2. The van der Waals surface area contributed by atoms with E-state index in [1.807, 2.05) is 19.1 Å². The Morgan fingerprint density at radius 1 is 1.14 bits per heavy atom. The number of hydrogen-bond donors (Lipinski definition) is 0. The number of pyridine rings is 2. The molecule has 6 nitrogen and oxygen atoms in total. The van der Waals surface area contributed by atoms with Gasteiger partial charge in [0.15, 0.2) is 11.6 Å². The molecule has 3 aromatic heterocycles. The molecule has 0 unspecified atom stereocenters. The maximum absolute atomic E-state index is 15.1. The van der Waals surface area contributed by atoms with Gasteiger partial charge in [-0.3, -0.25) is 19.3 Å². The summed E-state index contributed by atoms with van der Waals surface area (Å²) in [5.74, 6) is -1.66. The summed E-state index contributed by atoms with van der Waals surface area (Å²) in [6.45, 7) is 3.03. The number of nitrogens with zero attached hydrogens (tertiary/aromatic N) is 4. The van der Waals surface area contributed by atoms with Crippen LogP contribution in [0.4, 0.5) is 8.78 Å². The highest BCUT2D eigenvalue weighted by atomic mass is 35.5.